The van der Waals surface area contributed by atoms with Gasteiger partial charge in [-0.05, 0) is 62.6 Å². The van der Waals surface area contributed by atoms with Crippen molar-refractivity contribution in [3.63, 3.8) is 0 Å². The van der Waals surface area contributed by atoms with Crippen LogP contribution in [-0.4, -0.2) is 52.5 Å². The van der Waals surface area contributed by atoms with Crippen LogP contribution in [0.25, 0.3) is 0 Å². The van der Waals surface area contributed by atoms with Crippen molar-refractivity contribution in [2.24, 2.45) is 0 Å². The number of aliphatic hydroxyl groups excluding tert-OH is 1. The molecule has 0 aromatic heterocycles. The van der Waals surface area contributed by atoms with E-state index >= 15 is 0 Å². The lowest BCUT2D eigenvalue weighted by molar-refractivity contribution is -0.147. The van der Waals surface area contributed by atoms with Gasteiger partial charge in [0.1, 0.15) is 12.0 Å². The van der Waals surface area contributed by atoms with Crippen molar-refractivity contribution in [2.45, 2.75) is 63.5 Å². The molecule has 202 valence electrons. The Morgan fingerprint density at radius 2 is 1.92 bits per heavy atom. The summed E-state index contributed by atoms with van der Waals surface area (Å²) in [5, 5.41) is 16.5. The monoisotopic (exact) mass is 557 g/mol. The van der Waals surface area contributed by atoms with E-state index in [2.05, 4.69) is 10.6 Å². The van der Waals surface area contributed by atoms with Crippen LogP contribution in [0.1, 0.15) is 57.6 Å². The van der Waals surface area contributed by atoms with E-state index in [9.17, 15) is 19.5 Å². The first-order valence-electron chi connectivity index (χ1n) is 12.7. The number of halogens is 2. The molecule has 0 saturated carbocycles. The van der Waals surface area contributed by atoms with E-state index < -0.39 is 28.8 Å². The summed E-state index contributed by atoms with van der Waals surface area (Å²) in [5.41, 5.74) is 0.843. The van der Waals surface area contributed by atoms with Crippen molar-refractivity contribution in [2.75, 3.05) is 18.5 Å². The highest BCUT2D eigenvalue weighted by atomic mass is 35.5. The standard InChI is InChI=1S/C29H33Cl2N3O4/c1-5-17(6-2)26-29(21-11-10-20(31)13-23(21)32-27(29)38)22(18-8-7-9-19(30)12-18)14-25(37)34(26)15-24(36)33-28(3,4)16-35/h5,7-13,22,26,35H,6,14-16H2,1-4H3,(H,32,38)(H,33,36)/t22-,26+,29-/m0/s1. The largest absolute Gasteiger partial charge is 0.394 e. The maximum atomic E-state index is 14.3. The molecule has 0 radical (unpaired) electrons. The SMILES string of the molecule is CC=C(CC)[C@H]1N(CC(=O)NC(C)(C)CO)C(=O)C[C@@H](c2cccc(Cl)c2)[C@]12C(=O)Nc1cc(Cl)ccc12. The lowest BCUT2D eigenvalue weighted by Crippen LogP contribution is -2.65. The second kappa shape index (κ2) is 10.7. The smallest absolute Gasteiger partial charge is 0.240 e. The van der Waals surface area contributed by atoms with Gasteiger partial charge >= 0.3 is 0 Å². The van der Waals surface area contributed by atoms with E-state index in [1.165, 1.54) is 4.90 Å². The lowest BCUT2D eigenvalue weighted by Gasteiger charge is -2.52. The molecule has 7 nitrogen and oxygen atoms in total. The molecule has 4 rings (SSSR count). The van der Waals surface area contributed by atoms with E-state index in [1.54, 1.807) is 38.1 Å². The number of nitrogens with zero attached hydrogens (tertiary/aromatic N) is 1. The Kier molecular flexibility index (Phi) is 7.94. The van der Waals surface area contributed by atoms with Gasteiger partial charge in [-0.1, -0.05) is 60.0 Å². The second-order valence-electron chi connectivity index (χ2n) is 10.6. The molecule has 2 aromatic carbocycles. The maximum absolute atomic E-state index is 14.3. The highest BCUT2D eigenvalue weighted by Gasteiger charge is 2.63. The summed E-state index contributed by atoms with van der Waals surface area (Å²) in [7, 11) is 0. The van der Waals surface area contributed by atoms with E-state index in [1.807, 2.05) is 38.1 Å². The highest BCUT2D eigenvalue weighted by Crippen LogP contribution is 2.57. The summed E-state index contributed by atoms with van der Waals surface area (Å²) in [6.07, 6.45) is 2.49. The molecule has 0 bridgehead atoms. The molecule has 0 aliphatic carbocycles. The Bertz CT molecular complexity index is 1310. The first-order valence-corrected chi connectivity index (χ1v) is 13.5. The highest BCUT2D eigenvalue weighted by molar-refractivity contribution is 6.31. The Morgan fingerprint density at radius 1 is 1.21 bits per heavy atom. The minimum Gasteiger partial charge on any atom is -0.394 e. The molecule has 2 aliphatic rings. The number of fused-ring (bicyclic) bond motifs is 2. The fraction of sp³-hybridized carbons (Fsp3) is 0.414. The molecule has 3 atom stereocenters. The van der Waals surface area contributed by atoms with Gasteiger partial charge in [0, 0.05) is 28.1 Å². The van der Waals surface area contributed by atoms with Crippen molar-refractivity contribution < 1.29 is 19.5 Å². The molecule has 3 amide bonds. The van der Waals surface area contributed by atoms with Crippen LogP contribution in [0, 0.1) is 0 Å². The lowest BCUT2D eigenvalue weighted by atomic mass is 9.58. The number of hydrogen-bond acceptors (Lipinski definition) is 4. The Balaban J connectivity index is 1.96. The van der Waals surface area contributed by atoms with Crippen molar-refractivity contribution in [3.8, 4) is 0 Å². The van der Waals surface area contributed by atoms with E-state index in [4.69, 9.17) is 23.2 Å². The molecule has 2 aromatic rings. The van der Waals surface area contributed by atoms with Gasteiger partial charge in [-0.3, -0.25) is 14.4 Å². The average Bonchev–Trinajstić information content (AvgIpc) is 3.14. The fourth-order valence-corrected chi connectivity index (χ4v) is 6.29. The van der Waals surface area contributed by atoms with Crippen LogP contribution in [0.15, 0.2) is 54.1 Å². The number of piperidine rings is 1. The predicted octanol–water partition coefficient (Wildman–Crippen LogP) is 4.81. The van der Waals surface area contributed by atoms with Gasteiger partial charge in [0.15, 0.2) is 0 Å². The van der Waals surface area contributed by atoms with Gasteiger partial charge in [0.25, 0.3) is 0 Å². The molecule has 1 saturated heterocycles. The van der Waals surface area contributed by atoms with Crippen LogP contribution >= 0.6 is 23.2 Å². The zero-order chi connectivity index (χ0) is 27.8. The molecular weight excluding hydrogens is 525 g/mol. The second-order valence-corrected chi connectivity index (χ2v) is 11.4. The number of aliphatic hydroxyl groups is 1. The topological polar surface area (TPSA) is 98.7 Å². The molecule has 38 heavy (non-hydrogen) atoms. The predicted molar refractivity (Wildman–Crippen MR) is 149 cm³/mol. The van der Waals surface area contributed by atoms with Crippen LogP contribution in [0.4, 0.5) is 5.69 Å². The number of benzene rings is 2. The summed E-state index contributed by atoms with van der Waals surface area (Å²) >= 11 is 12.7. The van der Waals surface area contributed by atoms with Crippen molar-refractivity contribution in [1.82, 2.24) is 10.2 Å². The van der Waals surface area contributed by atoms with E-state index in [0.29, 0.717) is 22.2 Å². The first-order chi connectivity index (χ1) is 18.0. The number of rotatable bonds is 7. The Hall–Kier alpha value is -2.87. The zero-order valence-electron chi connectivity index (χ0n) is 22.0. The number of carbonyl (C=O) groups excluding carboxylic acids is 3. The minimum atomic E-state index is -1.23. The van der Waals surface area contributed by atoms with Crippen molar-refractivity contribution >= 4 is 46.6 Å². The maximum Gasteiger partial charge on any atom is 0.240 e. The average molecular weight is 559 g/mol. The normalized spacial score (nSPS) is 23.4. The molecule has 2 aliphatic heterocycles. The Morgan fingerprint density at radius 3 is 2.55 bits per heavy atom. The van der Waals surface area contributed by atoms with Gasteiger partial charge in [-0.15, -0.1) is 0 Å². The first kappa shape index (κ1) is 28.1. The Labute approximate surface area is 233 Å². The van der Waals surface area contributed by atoms with Gasteiger partial charge in [-0.2, -0.15) is 0 Å². The van der Waals surface area contributed by atoms with Crippen LogP contribution < -0.4 is 10.6 Å². The van der Waals surface area contributed by atoms with Crippen LogP contribution in [0.2, 0.25) is 10.0 Å². The van der Waals surface area contributed by atoms with Gasteiger partial charge in [-0.25, -0.2) is 0 Å². The summed E-state index contributed by atoms with van der Waals surface area (Å²) < 4.78 is 0. The van der Waals surface area contributed by atoms with Crippen molar-refractivity contribution in [1.29, 1.82) is 0 Å². The summed E-state index contributed by atoms with van der Waals surface area (Å²) in [4.78, 5) is 42.8. The van der Waals surface area contributed by atoms with E-state index in [0.717, 1.165) is 16.7 Å². The van der Waals surface area contributed by atoms with Crippen LogP contribution in [0.3, 0.4) is 0 Å². The van der Waals surface area contributed by atoms with Gasteiger partial charge in [0.2, 0.25) is 17.7 Å². The quantitative estimate of drug-likeness (QED) is 0.425. The molecule has 9 heteroatoms. The number of likely N-dealkylation sites (tertiary alicyclic amines) is 1. The third-order valence-electron chi connectivity index (χ3n) is 7.61. The fourth-order valence-electron chi connectivity index (χ4n) is 5.92. The minimum absolute atomic E-state index is 0.00368. The summed E-state index contributed by atoms with van der Waals surface area (Å²) in [6.45, 7) is 6.73. The van der Waals surface area contributed by atoms with Crippen molar-refractivity contribution in [3.05, 3.63) is 75.3 Å². The number of nitrogens with one attached hydrogen (secondary N) is 2. The molecular formula is C29H33Cl2N3O4. The number of hydrogen-bond donors (Lipinski definition) is 3. The third kappa shape index (κ3) is 4.83. The summed E-state index contributed by atoms with van der Waals surface area (Å²) in [6, 6.07) is 11.8. The van der Waals surface area contributed by atoms with E-state index in [-0.39, 0.29) is 31.4 Å². The number of allylic oxidation sites excluding steroid dienone is 1. The van der Waals surface area contributed by atoms with Crippen LogP contribution in [-0.2, 0) is 19.8 Å². The molecule has 1 spiro atoms. The van der Waals surface area contributed by atoms with Gasteiger partial charge < -0.3 is 20.6 Å². The van der Waals surface area contributed by atoms with Crippen LogP contribution in [0.5, 0.6) is 0 Å². The summed E-state index contributed by atoms with van der Waals surface area (Å²) in [5.74, 6) is -1.47. The number of amides is 3. The zero-order valence-corrected chi connectivity index (χ0v) is 23.5. The molecule has 0 unspecified atom stereocenters. The molecule has 2 heterocycles. The third-order valence-corrected chi connectivity index (χ3v) is 8.08. The van der Waals surface area contributed by atoms with Gasteiger partial charge in [0.05, 0.1) is 18.2 Å². The molecule has 3 N–H and O–H groups in total. The number of carbonyl (C=O) groups is 3. The number of anilines is 1. The molecule has 1 fully saturated rings.